The van der Waals surface area contributed by atoms with Crippen molar-refractivity contribution in [3.8, 4) is 11.5 Å². The Morgan fingerprint density at radius 1 is 0.972 bits per heavy atom. The number of amides is 2. The van der Waals surface area contributed by atoms with Gasteiger partial charge in [0.2, 0.25) is 0 Å². The maximum Gasteiger partial charge on any atom is 0.329 e. The molecule has 2 N–H and O–H groups in total. The summed E-state index contributed by atoms with van der Waals surface area (Å²) < 4.78 is 11.2. The number of benzene rings is 3. The summed E-state index contributed by atoms with van der Waals surface area (Å²) in [5, 5.41) is 7.36. The fraction of sp³-hybridized carbons (Fsp3) is 0.222. The van der Waals surface area contributed by atoms with Crippen LogP contribution < -0.4 is 20.2 Å². The van der Waals surface area contributed by atoms with Crippen LogP contribution >= 0.6 is 23.2 Å². The minimum absolute atomic E-state index is 0.235. The van der Waals surface area contributed by atoms with Crippen LogP contribution in [0.15, 0.2) is 65.8 Å². The molecule has 3 aromatic rings. The Balaban J connectivity index is 1.54. The Morgan fingerprint density at radius 3 is 2.28 bits per heavy atom. The van der Waals surface area contributed by atoms with Gasteiger partial charge < -0.3 is 14.8 Å². The monoisotopic (exact) mass is 527 g/mol. The molecular weight excluding hydrogens is 501 g/mol. The molecule has 0 fully saturated rings. The number of hydrazone groups is 1. The maximum atomic E-state index is 12.1. The quantitative estimate of drug-likeness (QED) is 0.219. The highest BCUT2D eigenvalue weighted by molar-refractivity contribution is 6.35. The summed E-state index contributed by atoms with van der Waals surface area (Å²) in [6.07, 6.45) is 1.35. The number of rotatable bonds is 9. The van der Waals surface area contributed by atoms with Crippen LogP contribution in [0.3, 0.4) is 0 Å². The van der Waals surface area contributed by atoms with E-state index >= 15 is 0 Å². The van der Waals surface area contributed by atoms with Gasteiger partial charge in [-0.15, -0.1) is 0 Å². The minimum Gasteiger partial charge on any atom is -0.493 e. The van der Waals surface area contributed by atoms with Crippen LogP contribution in [0.2, 0.25) is 10.0 Å². The summed E-state index contributed by atoms with van der Waals surface area (Å²) in [5.74, 6) is -0.487. The molecule has 0 unspecified atom stereocenters. The fourth-order valence-corrected chi connectivity index (χ4v) is 3.59. The fourth-order valence-electron chi connectivity index (χ4n) is 3.19. The topological polar surface area (TPSA) is 89.0 Å². The maximum absolute atomic E-state index is 12.1. The van der Waals surface area contributed by atoms with Gasteiger partial charge in [0.1, 0.15) is 6.61 Å². The molecule has 7 nitrogen and oxygen atoms in total. The van der Waals surface area contributed by atoms with Crippen molar-refractivity contribution in [2.45, 2.75) is 32.9 Å². The third-order valence-electron chi connectivity index (χ3n) is 5.23. The van der Waals surface area contributed by atoms with Crippen LogP contribution in [-0.4, -0.2) is 25.1 Å². The number of halogens is 2. The van der Waals surface area contributed by atoms with Crippen molar-refractivity contribution in [1.29, 1.82) is 0 Å². The first-order valence-electron chi connectivity index (χ1n) is 11.2. The van der Waals surface area contributed by atoms with E-state index in [2.05, 4.69) is 29.7 Å². The van der Waals surface area contributed by atoms with Crippen LogP contribution in [0.25, 0.3) is 0 Å². The van der Waals surface area contributed by atoms with Gasteiger partial charge in [-0.05, 0) is 52.4 Å². The van der Waals surface area contributed by atoms with Crippen molar-refractivity contribution >= 4 is 41.2 Å². The van der Waals surface area contributed by atoms with Gasteiger partial charge in [0, 0.05) is 11.6 Å². The average molecular weight is 528 g/mol. The van der Waals surface area contributed by atoms with Crippen LogP contribution in [0.4, 0.5) is 0 Å². The van der Waals surface area contributed by atoms with E-state index in [0.29, 0.717) is 33.0 Å². The second-order valence-corrected chi connectivity index (χ2v) is 9.07. The Morgan fingerprint density at radius 2 is 1.64 bits per heavy atom. The first kappa shape index (κ1) is 27.0. The van der Waals surface area contributed by atoms with Crippen molar-refractivity contribution in [2.75, 3.05) is 7.11 Å². The van der Waals surface area contributed by atoms with Crippen LogP contribution in [-0.2, 0) is 22.7 Å². The van der Waals surface area contributed by atoms with Gasteiger partial charge >= 0.3 is 11.8 Å². The molecule has 0 atom stereocenters. The van der Waals surface area contributed by atoms with Crippen LogP contribution in [0.5, 0.6) is 11.5 Å². The lowest BCUT2D eigenvalue weighted by molar-refractivity contribution is -0.139. The Labute approximate surface area is 220 Å². The molecule has 0 aromatic heterocycles. The van der Waals surface area contributed by atoms with Crippen LogP contribution in [0.1, 0.15) is 42.0 Å². The number of nitrogens with zero attached hydrogens (tertiary/aromatic N) is 1. The van der Waals surface area contributed by atoms with Gasteiger partial charge in [0.15, 0.2) is 11.5 Å². The molecule has 0 spiro atoms. The summed E-state index contributed by atoms with van der Waals surface area (Å²) in [6.45, 7) is 4.72. The standard InChI is InChI=1S/C27H27Cl2N3O4/c1-17(2)21-8-4-18(5-9-21)14-30-26(33)27(34)32-31-15-20-12-23(29)25(24(13-20)35-3)36-16-19-6-10-22(28)11-7-19/h4-13,15,17H,14,16H2,1-3H3,(H,30,33)(H,32,34)/b31-15-. The van der Waals surface area contributed by atoms with Crippen molar-refractivity contribution in [3.05, 3.63) is 93.0 Å². The number of ether oxygens (including phenoxy) is 2. The van der Waals surface area contributed by atoms with Crippen molar-refractivity contribution in [1.82, 2.24) is 10.7 Å². The number of carbonyl (C=O) groups is 2. The summed E-state index contributed by atoms with van der Waals surface area (Å²) in [5.41, 5.74) is 5.76. The summed E-state index contributed by atoms with van der Waals surface area (Å²) >= 11 is 12.3. The van der Waals surface area contributed by atoms with Gasteiger partial charge in [-0.1, -0.05) is 73.4 Å². The molecule has 0 heterocycles. The highest BCUT2D eigenvalue weighted by Gasteiger charge is 2.14. The number of methoxy groups -OCH3 is 1. The molecule has 0 radical (unpaired) electrons. The second kappa shape index (κ2) is 13.0. The van der Waals surface area contributed by atoms with E-state index in [0.717, 1.165) is 11.1 Å². The zero-order chi connectivity index (χ0) is 26.1. The molecule has 3 aromatic carbocycles. The minimum atomic E-state index is -0.883. The molecule has 0 aliphatic carbocycles. The van der Waals surface area contributed by atoms with E-state index in [4.69, 9.17) is 32.7 Å². The van der Waals surface area contributed by atoms with Gasteiger partial charge in [-0.25, -0.2) is 5.43 Å². The van der Waals surface area contributed by atoms with E-state index < -0.39 is 11.8 Å². The molecule has 0 aliphatic rings. The number of hydrogen-bond donors (Lipinski definition) is 2. The number of carbonyl (C=O) groups excluding carboxylic acids is 2. The van der Waals surface area contributed by atoms with E-state index in [-0.39, 0.29) is 13.2 Å². The number of nitrogens with one attached hydrogen (secondary N) is 2. The number of hydrogen-bond acceptors (Lipinski definition) is 5. The van der Waals surface area contributed by atoms with Crippen molar-refractivity contribution < 1.29 is 19.1 Å². The zero-order valence-electron chi connectivity index (χ0n) is 20.2. The second-order valence-electron chi connectivity index (χ2n) is 8.23. The third-order valence-corrected chi connectivity index (χ3v) is 5.77. The Hall–Kier alpha value is -3.55. The molecule has 3 rings (SSSR count). The lowest BCUT2D eigenvalue weighted by Crippen LogP contribution is -2.37. The molecule has 0 saturated heterocycles. The summed E-state index contributed by atoms with van der Waals surface area (Å²) in [7, 11) is 1.49. The van der Waals surface area contributed by atoms with Gasteiger partial charge in [0.05, 0.1) is 18.3 Å². The van der Waals surface area contributed by atoms with E-state index in [1.165, 1.54) is 18.9 Å². The molecule has 0 saturated carbocycles. The molecular formula is C27H27Cl2N3O4. The van der Waals surface area contributed by atoms with E-state index in [1.54, 1.807) is 24.3 Å². The zero-order valence-corrected chi connectivity index (χ0v) is 21.7. The van der Waals surface area contributed by atoms with Gasteiger partial charge in [-0.3, -0.25) is 9.59 Å². The lowest BCUT2D eigenvalue weighted by Gasteiger charge is -2.13. The van der Waals surface area contributed by atoms with E-state index in [9.17, 15) is 9.59 Å². The SMILES string of the molecule is COc1cc(/C=N\NC(=O)C(=O)NCc2ccc(C(C)C)cc2)cc(Cl)c1OCc1ccc(Cl)cc1. The highest BCUT2D eigenvalue weighted by Crippen LogP contribution is 2.36. The molecule has 9 heteroatoms. The average Bonchev–Trinajstić information content (AvgIpc) is 2.87. The predicted octanol–water partition coefficient (Wildman–Crippen LogP) is 5.47. The summed E-state index contributed by atoms with van der Waals surface area (Å²) in [6, 6.07) is 18.4. The summed E-state index contributed by atoms with van der Waals surface area (Å²) in [4.78, 5) is 24.1. The van der Waals surface area contributed by atoms with Gasteiger partial charge in [0.25, 0.3) is 0 Å². The van der Waals surface area contributed by atoms with E-state index in [1.807, 2.05) is 36.4 Å². The first-order chi connectivity index (χ1) is 17.3. The molecule has 2 amide bonds. The lowest BCUT2D eigenvalue weighted by atomic mass is 10.0. The van der Waals surface area contributed by atoms with Crippen molar-refractivity contribution in [2.24, 2.45) is 5.10 Å². The molecule has 0 bridgehead atoms. The molecule has 36 heavy (non-hydrogen) atoms. The third kappa shape index (κ3) is 7.73. The highest BCUT2D eigenvalue weighted by atomic mass is 35.5. The largest absolute Gasteiger partial charge is 0.493 e. The predicted molar refractivity (Wildman–Crippen MR) is 142 cm³/mol. The smallest absolute Gasteiger partial charge is 0.329 e. The van der Waals surface area contributed by atoms with Crippen molar-refractivity contribution in [3.63, 3.8) is 0 Å². The van der Waals surface area contributed by atoms with Gasteiger partial charge in [-0.2, -0.15) is 5.10 Å². The first-order valence-corrected chi connectivity index (χ1v) is 12.0. The Bertz CT molecular complexity index is 1230. The molecule has 0 aliphatic heterocycles. The molecule has 188 valence electrons. The van der Waals surface area contributed by atoms with Crippen LogP contribution in [0, 0.1) is 0 Å². The Kier molecular flexibility index (Phi) is 9.73. The normalized spacial score (nSPS) is 10.9.